The molecule has 5 atom stereocenters. The van der Waals surface area contributed by atoms with Gasteiger partial charge < -0.3 is 24.3 Å². The Labute approximate surface area is 630 Å². The van der Waals surface area contributed by atoms with E-state index < -0.39 is 0 Å². The standard InChI is InChI=1S/C11H21N.C10H20N2.C10H19N.C8H17N.C7H15NO.C7H15N.C5H12.4C4H10.8C2H6/c1-7(2)11-9-5-12(8(3)4)6-10(9)11;1-9(2)12-7-6-11-5-3-4-10(11)8-12;1-8(2)11-6-9-4-3-5-10(9)7-11;1-8(2)9-6-4-3-5-7-9;1-7(2)8-3-5-9-6-4-8;1-7(2)8-5-3-4-6-8;1-4-5(2)3;4*1-4(2)3;8*1-2/h7-11H,5-6H2,1-4H3;9-10H,3-8H2,1-2H3;8-10H,3-7H2,1-2H3;8H,3-7H2,1-2H3;7H,3-6H2,1-2H3;7H,3-6H2,1-2H3;5H,4H2,1-3H3;4*4H,1-3H3;8*1-2H3. The number of piperidine rings is 2. The van der Waals surface area contributed by atoms with Crippen LogP contribution in [0.4, 0.5) is 0 Å². The number of morpholine rings is 1. The number of ether oxygens (including phenoxy) is 1. The molecule has 0 N–H and O–H groups in total. The minimum absolute atomic E-state index is 0.689. The van der Waals surface area contributed by atoms with E-state index in [9.17, 15) is 0 Å². The van der Waals surface area contributed by atoms with Crippen LogP contribution in [0.2, 0.25) is 0 Å². The second-order valence-electron chi connectivity index (χ2n) is 31.6. The number of rotatable bonds is 8. The number of likely N-dealkylation sites (tertiary alicyclic amines) is 4. The van der Waals surface area contributed by atoms with Crippen LogP contribution in [-0.4, -0.2) is 181 Å². The van der Waals surface area contributed by atoms with Gasteiger partial charge in [-0.2, -0.15) is 0 Å². The van der Waals surface area contributed by atoms with Gasteiger partial charge >= 0.3 is 0 Å². The Balaban J connectivity index is -0.000000108. The third-order valence-electron chi connectivity index (χ3n) is 17.2. The third-order valence-corrected chi connectivity index (χ3v) is 17.2. The van der Waals surface area contributed by atoms with Crippen molar-refractivity contribution in [2.45, 2.75) is 424 Å². The van der Waals surface area contributed by atoms with Gasteiger partial charge in [0.1, 0.15) is 0 Å². The average Bonchev–Trinajstić information content (AvgIpc) is 1.58. The molecule has 98 heavy (non-hydrogen) atoms. The molecule has 8 nitrogen and oxygen atoms in total. The summed E-state index contributed by atoms with van der Waals surface area (Å²) in [6, 6.07) is 5.41. The molecular formula is C90H207N7O. The fourth-order valence-electron chi connectivity index (χ4n) is 12.0. The SMILES string of the molecule is CC.CC.CC.CC.CC.CC.CC.CC.CC(C)C.CC(C)C.CC(C)C.CC(C)C.CC(C)C1C2CN(C(C)C)CC21.CC(C)N1CC2CCCC2C1.CC(C)N1CCCC1.CC(C)N1CCCCC1.CC(C)N1CCN2CCCC2C1.CC(C)N1CCOCC1.CCC(C)C. The molecule has 9 aliphatic rings. The molecule has 2 saturated carbocycles. The highest BCUT2D eigenvalue weighted by Gasteiger charge is 2.56. The van der Waals surface area contributed by atoms with Crippen molar-refractivity contribution in [1.82, 2.24) is 34.3 Å². The summed E-state index contributed by atoms with van der Waals surface area (Å²) >= 11 is 0. The van der Waals surface area contributed by atoms with Crippen LogP contribution in [0.5, 0.6) is 0 Å². The summed E-state index contributed by atoms with van der Waals surface area (Å²) in [7, 11) is 0. The minimum atomic E-state index is 0.689. The molecule has 9 rings (SSSR count). The molecule has 2 aliphatic carbocycles. The molecule has 7 heterocycles. The van der Waals surface area contributed by atoms with E-state index in [0.29, 0.717) is 6.04 Å². The van der Waals surface area contributed by atoms with Crippen LogP contribution < -0.4 is 0 Å². The van der Waals surface area contributed by atoms with Crippen molar-refractivity contribution in [3.63, 3.8) is 0 Å². The van der Waals surface area contributed by atoms with Crippen molar-refractivity contribution in [2.24, 2.45) is 65.1 Å². The van der Waals surface area contributed by atoms with Gasteiger partial charge in [0.15, 0.2) is 0 Å². The molecular weight excluding hydrogens is 1200 g/mol. The van der Waals surface area contributed by atoms with E-state index >= 15 is 0 Å². The Morgan fingerprint density at radius 3 is 0.806 bits per heavy atom. The van der Waals surface area contributed by atoms with Crippen LogP contribution in [0, 0.1) is 65.1 Å². The number of fused-ring (bicyclic) bond motifs is 3. The van der Waals surface area contributed by atoms with Gasteiger partial charge in [0.2, 0.25) is 0 Å². The lowest BCUT2D eigenvalue weighted by atomic mass is 10.0. The van der Waals surface area contributed by atoms with E-state index in [0.717, 1.165) is 128 Å². The fourth-order valence-corrected chi connectivity index (χ4v) is 12.0. The molecule has 0 amide bonds. The van der Waals surface area contributed by atoms with Crippen molar-refractivity contribution >= 4 is 0 Å². The van der Waals surface area contributed by atoms with Gasteiger partial charge in [0, 0.05) is 101 Å². The first kappa shape index (κ1) is 119. The van der Waals surface area contributed by atoms with Crippen LogP contribution in [0.1, 0.15) is 382 Å². The minimum Gasteiger partial charge on any atom is -0.379 e. The van der Waals surface area contributed by atoms with Gasteiger partial charge in [0.05, 0.1) is 13.2 Å². The fraction of sp³-hybridized carbons (Fsp3) is 1.00. The van der Waals surface area contributed by atoms with E-state index in [4.69, 9.17) is 4.74 Å². The zero-order valence-electron chi connectivity index (χ0n) is 78.0. The van der Waals surface area contributed by atoms with Crippen LogP contribution in [0.3, 0.4) is 0 Å². The summed E-state index contributed by atoms with van der Waals surface area (Å²) in [4.78, 5) is 18.1. The predicted octanol–water partition coefficient (Wildman–Crippen LogP) is 26.5. The molecule has 0 aromatic heterocycles. The lowest BCUT2D eigenvalue weighted by Gasteiger charge is -2.39. The summed E-state index contributed by atoms with van der Waals surface area (Å²) < 4.78 is 5.21. The van der Waals surface area contributed by atoms with Gasteiger partial charge in [-0.15, -0.1) is 0 Å². The molecule has 5 unspecified atom stereocenters. The number of hydrogen-bond donors (Lipinski definition) is 0. The largest absolute Gasteiger partial charge is 0.379 e. The van der Waals surface area contributed by atoms with Crippen LogP contribution in [0.15, 0.2) is 0 Å². The van der Waals surface area contributed by atoms with E-state index in [-0.39, 0.29) is 0 Å². The Morgan fingerprint density at radius 2 is 0.551 bits per heavy atom. The molecule has 7 saturated heterocycles. The smallest absolute Gasteiger partial charge is 0.0594 e. The Kier molecular flexibility index (Phi) is 102. The molecule has 0 aromatic rings. The maximum atomic E-state index is 5.21. The molecule has 0 spiro atoms. The number of piperazine rings is 1. The maximum Gasteiger partial charge on any atom is 0.0594 e. The van der Waals surface area contributed by atoms with E-state index in [1.807, 2.05) is 111 Å². The van der Waals surface area contributed by atoms with Crippen LogP contribution in [0.25, 0.3) is 0 Å². The first-order valence-corrected chi connectivity index (χ1v) is 44.0. The maximum absolute atomic E-state index is 5.21. The average molecular weight is 1400 g/mol. The Hall–Kier alpha value is -0.320. The number of nitrogens with zero attached hydrogens (tertiary/aromatic N) is 7. The third kappa shape index (κ3) is 74.0. The van der Waals surface area contributed by atoms with E-state index in [1.54, 1.807) is 0 Å². The monoisotopic (exact) mass is 1400 g/mol. The van der Waals surface area contributed by atoms with Gasteiger partial charge in [-0.05, 0) is 232 Å². The summed E-state index contributed by atoms with van der Waals surface area (Å²) in [6.45, 7) is 117. The highest BCUT2D eigenvalue weighted by atomic mass is 16.5. The highest BCUT2D eigenvalue weighted by Crippen LogP contribution is 2.55. The highest BCUT2D eigenvalue weighted by molar-refractivity contribution is 5.06. The van der Waals surface area contributed by atoms with Crippen molar-refractivity contribution in [3.8, 4) is 0 Å². The molecule has 9 fully saturated rings. The summed E-state index contributed by atoms with van der Waals surface area (Å²) in [5.74, 6) is 10.5. The van der Waals surface area contributed by atoms with Crippen LogP contribution in [-0.2, 0) is 4.74 Å². The van der Waals surface area contributed by atoms with Gasteiger partial charge in [-0.1, -0.05) is 248 Å². The molecule has 0 bridgehead atoms. The van der Waals surface area contributed by atoms with Crippen molar-refractivity contribution in [3.05, 3.63) is 0 Å². The molecule has 0 aromatic carbocycles. The summed E-state index contributed by atoms with van der Waals surface area (Å²) in [5, 5.41) is 0. The molecule has 608 valence electrons. The second-order valence-corrected chi connectivity index (χ2v) is 31.6. The molecule has 7 aliphatic heterocycles. The Morgan fingerprint density at radius 1 is 0.276 bits per heavy atom. The van der Waals surface area contributed by atoms with Gasteiger partial charge in [0.25, 0.3) is 0 Å². The predicted molar refractivity (Wildman–Crippen MR) is 463 cm³/mol. The zero-order chi connectivity index (χ0) is 79.2. The lowest BCUT2D eigenvalue weighted by molar-refractivity contribution is 0.0238. The molecule has 8 heteroatoms. The van der Waals surface area contributed by atoms with Crippen molar-refractivity contribution in [2.75, 3.05) is 105 Å². The Bertz CT molecular complexity index is 1290. The lowest BCUT2D eigenvalue weighted by Crippen LogP contribution is -2.52. The molecule has 0 radical (unpaired) electrons. The van der Waals surface area contributed by atoms with Crippen molar-refractivity contribution < 1.29 is 4.74 Å². The summed E-state index contributed by atoms with van der Waals surface area (Å²) in [6.07, 6.45) is 15.8. The number of hydrogen-bond acceptors (Lipinski definition) is 8. The van der Waals surface area contributed by atoms with E-state index in [1.165, 1.54) is 149 Å². The quantitative estimate of drug-likeness (QED) is 0.238. The van der Waals surface area contributed by atoms with Gasteiger partial charge in [-0.25, -0.2) is 0 Å². The van der Waals surface area contributed by atoms with Crippen molar-refractivity contribution in [1.29, 1.82) is 0 Å². The van der Waals surface area contributed by atoms with Gasteiger partial charge in [-0.3, -0.25) is 14.7 Å². The topological polar surface area (TPSA) is 31.9 Å². The zero-order valence-corrected chi connectivity index (χ0v) is 78.0. The summed E-state index contributed by atoms with van der Waals surface area (Å²) in [5.41, 5.74) is 0. The first-order valence-electron chi connectivity index (χ1n) is 44.0. The second kappa shape index (κ2) is 83.9. The first-order chi connectivity index (χ1) is 46.3. The normalized spacial score (nSPS) is 21.9. The van der Waals surface area contributed by atoms with E-state index in [2.05, 4.69) is 235 Å². The van der Waals surface area contributed by atoms with Crippen LogP contribution >= 0.6 is 0 Å².